The Morgan fingerprint density at radius 3 is 2.73 bits per heavy atom. The van der Waals surface area contributed by atoms with Gasteiger partial charge in [0.2, 0.25) is 0 Å². The van der Waals surface area contributed by atoms with Crippen LogP contribution in [0.1, 0.15) is 33.1 Å². The number of hydrogen-bond donors (Lipinski definition) is 0. The first-order valence-electron chi connectivity index (χ1n) is 6.05. The van der Waals surface area contributed by atoms with Gasteiger partial charge in [0.1, 0.15) is 0 Å². The molecule has 1 saturated carbocycles. The van der Waals surface area contributed by atoms with E-state index in [0.29, 0.717) is 17.3 Å². The average molecular weight is 232 g/mol. The van der Waals surface area contributed by atoms with Crippen LogP contribution in [0.15, 0.2) is 0 Å². The van der Waals surface area contributed by atoms with E-state index in [1.165, 1.54) is 25.8 Å². The summed E-state index contributed by atoms with van der Waals surface area (Å²) >= 11 is 5.86. The number of halogens is 1. The molecule has 0 spiro atoms. The number of nitrogens with zero attached hydrogens (tertiary/aromatic N) is 1. The van der Waals surface area contributed by atoms with Gasteiger partial charge in [-0.05, 0) is 25.2 Å². The van der Waals surface area contributed by atoms with Crippen molar-refractivity contribution in [1.29, 1.82) is 0 Å². The summed E-state index contributed by atoms with van der Waals surface area (Å²) < 4.78 is 5.66. The highest BCUT2D eigenvalue weighted by atomic mass is 35.5. The zero-order valence-corrected chi connectivity index (χ0v) is 10.6. The molecule has 1 aliphatic heterocycles. The van der Waals surface area contributed by atoms with Crippen LogP contribution in [-0.2, 0) is 4.74 Å². The van der Waals surface area contributed by atoms with Crippen molar-refractivity contribution >= 4 is 11.6 Å². The fourth-order valence-corrected chi connectivity index (χ4v) is 2.80. The molecular weight excluding hydrogens is 210 g/mol. The van der Waals surface area contributed by atoms with Gasteiger partial charge in [-0.15, -0.1) is 11.6 Å². The molecule has 15 heavy (non-hydrogen) atoms. The molecule has 2 atom stereocenters. The maximum Gasteiger partial charge on any atom is 0.0837 e. The molecule has 2 rings (SSSR count). The monoisotopic (exact) mass is 231 g/mol. The lowest BCUT2D eigenvalue weighted by Gasteiger charge is -2.46. The van der Waals surface area contributed by atoms with E-state index < -0.39 is 0 Å². The third-order valence-corrected chi connectivity index (χ3v) is 4.30. The number of hydrogen-bond acceptors (Lipinski definition) is 2. The molecule has 0 amide bonds. The summed E-state index contributed by atoms with van der Waals surface area (Å²) in [5, 5.41) is 0. The first kappa shape index (κ1) is 11.7. The SMILES string of the molecule is CC1COC(CCl)CN1CC1(C)CCC1. The van der Waals surface area contributed by atoms with E-state index in [0.717, 1.165) is 13.2 Å². The number of ether oxygens (including phenoxy) is 1. The molecule has 0 N–H and O–H groups in total. The van der Waals surface area contributed by atoms with Crippen LogP contribution in [0, 0.1) is 5.41 Å². The zero-order chi connectivity index (χ0) is 10.9. The van der Waals surface area contributed by atoms with Crippen LogP contribution in [0.5, 0.6) is 0 Å². The Kier molecular flexibility index (Phi) is 3.59. The van der Waals surface area contributed by atoms with Gasteiger partial charge in [-0.25, -0.2) is 0 Å². The fourth-order valence-electron chi connectivity index (χ4n) is 2.62. The maximum absolute atomic E-state index is 5.86. The summed E-state index contributed by atoms with van der Waals surface area (Å²) in [7, 11) is 0. The molecular formula is C12H22ClNO. The summed E-state index contributed by atoms with van der Waals surface area (Å²) in [6.07, 6.45) is 4.44. The summed E-state index contributed by atoms with van der Waals surface area (Å²) in [6.45, 7) is 7.75. The summed E-state index contributed by atoms with van der Waals surface area (Å²) in [6, 6.07) is 0.557. The van der Waals surface area contributed by atoms with Gasteiger partial charge < -0.3 is 4.74 Å². The predicted molar refractivity (Wildman–Crippen MR) is 63.5 cm³/mol. The second kappa shape index (κ2) is 4.60. The average Bonchev–Trinajstić information content (AvgIpc) is 2.19. The largest absolute Gasteiger partial charge is 0.374 e. The van der Waals surface area contributed by atoms with Crippen molar-refractivity contribution in [1.82, 2.24) is 4.90 Å². The maximum atomic E-state index is 5.86. The quantitative estimate of drug-likeness (QED) is 0.693. The molecule has 2 aliphatic rings. The molecule has 1 heterocycles. The Bertz CT molecular complexity index is 218. The van der Waals surface area contributed by atoms with Crippen LogP contribution in [0.3, 0.4) is 0 Å². The van der Waals surface area contributed by atoms with Crippen LogP contribution in [0.25, 0.3) is 0 Å². The minimum Gasteiger partial charge on any atom is -0.374 e. The number of rotatable bonds is 3. The van der Waals surface area contributed by atoms with E-state index in [4.69, 9.17) is 16.3 Å². The van der Waals surface area contributed by atoms with Crippen molar-refractivity contribution in [3.63, 3.8) is 0 Å². The van der Waals surface area contributed by atoms with Gasteiger partial charge in [0, 0.05) is 25.0 Å². The molecule has 1 saturated heterocycles. The Labute approximate surface area is 97.9 Å². The van der Waals surface area contributed by atoms with E-state index in [-0.39, 0.29) is 6.10 Å². The molecule has 88 valence electrons. The molecule has 0 bridgehead atoms. The van der Waals surface area contributed by atoms with Crippen LogP contribution < -0.4 is 0 Å². The highest BCUT2D eigenvalue weighted by molar-refractivity contribution is 6.18. The van der Waals surface area contributed by atoms with E-state index in [1.807, 2.05) is 0 Å². The molecule has 0 aromatic carbocycles. The van der Waals surface area contributed by atoms with Gasteiger partial charge in [-0.1, -0.05) is 13.3 Å². The van der Waals surface area contributed by atoms with Crippen LogP contribution in [-0.4, -0.2) is 42.6 Å². The van der Waals surface area contributed by atoms with Gasteiger partial charge in [0.25, 0.3) is 0 Å². The first-order chi connectivity index (χ1) is 7.13. The second-order valence-corrected chi connectivity index (χ2v) is 5.86. The van der Waals surface area contributed by atoms with E-state index >= 15 is 0 Å². The van der Waals surface area contributed by atoms with E-state index in [1.54, 1.807) is 0 Å². The lowest BCUT2D eigenvalue weighted by Crippen LogP contribution is -2.53. The van der Waals surface area contributed by atoms with Gasteiger partial charge in [-0.3, -0.25) is 4.90 Å². The van der Waals surface area contributed by atoms with Crippen LogP contribution in [0.2, 0.25) is 0 Å². The van der Waals surface area contributed by atoms with Crippen molar-refractivity contribution in [3.05, 3.63) is 0 Å². The standard InChI is InChI=1S/C12H22ClNO/c1-10-8-15-11(6-13)7-14(10)9-12(2)4-3-5-12/h10-11H,3-9H2,1-2H3. The molecule has 2 unspecified atom stereocenters. The van der Waals surface area contributed by atoms with Crippen molar-refractivity contribution in [2.45, 2.75) is 45.3 Å². The minimum absolute atomic E-state index is 0.242. The highest BCUT2D eigenvalue weighted by Crippen LogP contribution is 2.41. The normalized spacial score (nSPS) is 36.2. The number of alkyl halides is 1. The Hall–Kier alpha value is 0.210. The van der Waals surface area contributed by atoms with E-state index in [2.05, 4.69) is 18.7 Å². The Balaban J connectivity index is 1.88. The predicted octanol–water partition coefficient (Wildman–Crippen LogP) is 2.50. The summed E-state index contributed by atoms with van der Waals surface area (Å²) in [5.74, 6) is 0.625. The number of morpholine rings is 1. The van der Waals surface area contributed by atoms with Gasteiger partial charge in [0.15, 0.2) is 0 Å². The van der Waals surface area contributed by atoms with Crippen LogP contribution in [0.4, 0.5) is 0 Å². The topological polar surface area (TPSA) is 12.5 Å². The fraction of sp³-hybridized carbons (Fsp3) is 1.00. The molecule has 0 radical (unpaired) electrons. The lowest BCUT2D eigenvalue weighted by molar-refractivity contribution is -0.0686. The molecule has 1 aliphatic carbocycles. The third-order valence-electron chi connectivity index (χ3n) is 3.95. The van der Waals surface area contributed by atoms with Crippen LogP contribution >= 0.6 is 11.6 Å². The molecule has 0 aromatic rings. The lowest BCUT2D eigenvalue weighted by atomic mass is 9.70. The minimum atomic E-state index is 0.242. The van der Waals surface area contributed by atoms with Crippen molar-refractivity contribution in [2.75, 3.05) is 25.6 Å². The third kappa shape index (κ3) is 2.66. The molecule has 0 aromatic heterocycles. The van der Waals surface area contributed by atoms with Crippen molar-refractivity contribution < 1.29 is 4.74 Å². The highest BCUT2D eigenvalue weighted by Gasteiger charge is 2.36. The smallest absolute Gasteiger partial charge is 0.0837 e. The van der Waals surface area contributed by atoms with Gasteiger partial charge >= 0.3 is 0 Å². The van der Waals surface area contributed by atoms with Gasteiger partial charge in [0.05, 0.1) is 12.7 Å². The second-order valence-electron chi connectivity index (χ2n) is 5.55. The Morgan fingerprint density at radius 1 is 1.47 bits per heavy atom. The molecule has 3 heteroatoms. The van der Waals surface area contributed by atoms with E-state index in [9.17, 15) is 0 Å². The summed E-state index contributed by atoms with van der Waals surface area (Å²) in [4.78, 5) is 2.57. The zero-order valence-electron chi connectivity index (χ0n) is 9.84. The molecule has 2 fully saturated rings. The first-order valence-corrected chi connectivity index (χ1v) is 6.58. The van der Waals surface area contributed by atoms with Crippen molar-refractivity contribution in [3.8, 4) is 0 Å². The van der Waals surface area contributed by atoms with Crippen molar-refractivity contribution in [2.24, 2.45) is 5.41 Å². The Morgan fingerprint density at radius 2 is 2.20 bits per heavy atom. The summed E-state index contributed by atoms with van der Waals surface area (Å²) in [5.41, 5.74) is 0.572. The molecule has 2 nitrogen and oxygen atoms in total. The van der Waals surface area contributed by atoms with Gasteiger partial charge in [-0.2, -0.15) is 0 Å².